The van der Waals surface area contributed by atoms with E-state index in [4.69, 9.17) is 9.84 Å². The Morgan fingerprint density at radius 1 is 1.38 bits per heavy atom. The van der Waals surface area contributed by atoms with E-state index in [-0.39, 0.29) is 11.5 Å². The van der Waals surface area contributed by atoms with Gasteiger partial charge in [0.25, 0.3) is 0 Å². The molecule has 0 aliphatic carbocycles. The fraction of sp³-hybridized carbons (Fsp3) is 0.571. The third kappa shape index (κ3) is 4.95. The van der Waals surface area contributed by atoms with E-state index in [0.717, 1.165) is 0 Å². The maximum Gasteiger partial charge on any atom is 0.244 e. The molecule has 0 saturated carbocycles. The number of ether oxygens (including phenoxy) is 1. The van der Waals surface area contributed by atoms with Crippen molar-refractivity contribution in [3.05, 3.63) is 22.7 Å². The Morgan fingerprint density at radius 2 is 2.05 bits per heavy atom. The van der Waals surface area contributed by atoms with E-state index in [2.05, 4.69) is 20.7 Å². The average Bonchev–Trinajstić information content (AvgIpc) is 2.40. The van der Waals surface area contributed by atoms with Crippen molar-refractivity contribution < 1.29 is 18.3 Å². The molecular weight excluding hydrogens is 358 g/mol. The molecule has 1 rings (SSSR count). The van der Waals surface area contributed by atoms with Crippen LogP contribution in [0.1, 0.15) is 33.6 Å². The number of aliphatic hydroxyl groups is 1. The highest BCUT2D eigenvalue weighted by molar-refractivity contribution is 9.10. The maximum atomic E-state index is 12.6. The number of aliphatic hydroxyl groups excluding tert-OH is 1. The van der Waals surface area contributed by atoms with E-state index >= 15 is 0 Å². The topological polar surface area (TPSA) is 75.6 Å². The van der Waals surface area contributed by atoms with Crippen LogP contribution in [-0.2, 0) is 10.0 Å². The second-order valence-corrected chi connectivity index (χ2v) is 7.58. The van der Waals surface area contributed by atoms with Gasteiger partial charge in [0.15, 0.2) is 0 Å². The minimum absolute atomic E-state index is 0.0797. The number of nitrogens with one attached hydrogen (secondary N) is 1. The molecule has 21 heavy (non-hydrogen) atoms. The molecule has 1 aromatic rings. The van der Waals surface area contributed by atoms with Crippen LogP contribution in [0.25, 0.3) is 0 Å². The lowest BCUT2D eigenvalue weighted by atomic mass is 9.97. The molecular formula is C14H22BrNO4S. The zero-order chi connectivity index (χ0) is 16.1. The normalized spacial score (nSPS) is 14.7. The summed E-state index contributed by atoms with van der Waals surface area (Å²) in [5.41, 5.74) is -0.695. The lowest BCUT2D eigenvalue weighted by Gasteiger charge is -2.29. The van der Waals surface area contributed by atoms with Crippen LogP contribution in [0.3, 0.4) is 0 Å². The highest BCUT2D eigenvalue weighted by Gasteiger charge is 2.30. The largest absolute Gasteiger partial charge is 0.492 e. The van der Waals surface area contributed by atoms with Crippen LogP contribution >= 0.6 is 15.9 Å². The van der Waals surface area contributed by atoms with Crippen molar-refractivity contribution in [3.8, 4) is 5.75 Å². The van der Waals surface area contributed by atoms with Crippen LogP contribution in [0.2, 0.25) is 0 Å². The Bertz CT molecular complexity index is 576. The van der Waals surface area contributed by atoms with Gasteiger partial charge in [-0.1, -0.05) is 22.9 Å². The van der Waals surface area contributed by atoms with Crippen molar-refractivity contribution in [3.63, 3.8) is 0 Å². The molecule has 7 heteroatoms. The fourth-order valence-corrected chi connectivity index (χ4v) is 4.08. The second-order valence-electron chi connectivity index (χ2n) is 5.02. The van der Waals surface area contributed by atoms with Crippen LogP contribution in [0.5, 0.6) is 5.75 Å². The Labute approximate surface area is 134 Å². The molecule has 0 amide bonds. The second kappa shape index (κ2) is 7.58. The Kier molecular flexibility index (Phi) is 6.65. The van der Waals surface area contributed by atoms with E-state index in [0.29, 0.717) is 29.7 Å². The van der Waals surface area contributed by atoms with Crippen LogP contribution in [-0.4, -0.2) is 32.3 Å². The third-order valence-electron chi connectivity index (χ3n) is 3.32. The number of benzene rings is 1. The molecule has 120 valence electrons. The molecule has 2 N–H and O–H groups in total. The predicted molar refractivity (Wildman–Crippen MR) is 86.0 cm³/mol. The molecule has 1 aromatic carbocycles. The molecule has 5 nitrogen and oxygen atoms in total. The average molecular weight is 380 g/mol. The van der Waals surface area contributed by atoms with E-state index in [1.165, 1.54) is 6.07 Å². The highest BCUT2D eigenvalue weighted by atomic mass is 79.9. The van der Waals surface area contributed by atoms with Crippen molar-refractivity contribution in [1.82, 2.24) is 4.72 Å². The smallest absolute Gasteiger partial charge is 0.244 e. The van der Waals surface area contributed by atoms with Crippen LogP contribution in [0.15, 0.2) is 27.6 Å². The van der Waals surface area contributed by atoms with E-state index < -0.39 is 15.6 Å². The number of hydrogen-bond donors (Lipinski definition) is 2. The number of sulfonamides is 1. The van der Waals surface area contributed by atoms with Crippen molar-refractivity contribution in [2.45, 2.75) is 44.0 Å². The van der Waals surface area contributed by atoms with Gasteiger partial charge in [0.05, 0.1) is 6.61 Å². The molecule has 0 aliphatic rings. The maximum absolute atomic E-state index is 12.6. The summed E-state index contributed by atoms with van der Waals surface area (Å²) in [4.78, 5) is 0.0938. The lowest BCUT2D eigenvalue weighted by Crippen LogP contribution is -2.46. The van der Waals surface area contributed by atoms with Gasteiger partial charge in [-0.05, 0) is 44.9 Å². The first-order chi connectivity index (χ1) is 9.78. The summed E-state index contributed by atoms with van der Waals surface area (Å²) in [7, 11) is -3.74. The molecule has 0 spiro atoms. The SMILES string of the molecule is CCOc1ccc(Br)cc1S(=O)(=O)NC(C)(CC)CCO. The number of halogens is 1. The molecule has 1 atom stereocenters. The summed E-state index contributed by atoms with van der Waals surface area (Å²) in [5, 5.41) is 9.12. The summed E-state index contributed by atoms with van der Waals surface area (Å²) in [6.07, 6.45) is 0.922. The van der Waals surface area contributed by atoms with Gasteiger partial charge >= 0.3 is 0 Å². The molecule has 0 bridgehead atoms. The fourth-order valence-electron chi connectivity index (χ4n) is 1.89. The molecule has 0 saturated heterocycles. The van der Waals surface area contributed by atoms with Crippen molar-refractivity contribution >= 4 is 26.0 Å². The molecule has 0 fully saturated rings. The molecule has 1 unspecified atom stereocenters. The molecule has 0 heterocycles. The zero-order valence-electron chi connectivity index (χ0n) is 12.5. The van der Waals surface area contributed by atoms with Crippen LogP contribution in [0.4, 0.5) is 0 Å². The summed E-state index contributed by atoms with van der Waals surface area (Å²) in [5.74, 6) is 0.315. The van der Waals surface area contributed by atoms with Gasteiger partial charge in [-0.25, -0.2) is 13.1 Å². The highest BCUT2D eigenvalue weighted by Crippen LogP contribution is 2.29. The van der Waals surface area contributed by atoms with E-state index in [1.54, 1.807) is 26.0 Å². The van der Waals surface area contributed by atoms with Gasteiger partial charge in [0.1, 0.15) is 10.6 Å². The predicted octanol–water partition coefficient (Wildman–Crippen LogP) is 2.68. The Morgan fingerprint density at radius 3 is 2.57 bits per heavy atom. The quantitative estimate of drug-likeness (QED) is 0.727. The van der Waals surface area contributed by atoms with Gasteiger partial charge < -0.3 is 9.84 Å². The summed E-state index contributed by atoms with van der Waals surface area (Å²) in [6.45, 7) is 5.75. The van der Waals surface area contributed by atoms with Crippen molar-refractivity contribution in [2.24, 2.45) is 0 Å². The first-order valence-electron chi connectivity index (χ1n) is 6.85. The minimum atomic E-state index is -3.74. The number of hydrogen-bond acceptors (Lipinski definition) is 4. The van der Waals surface area contributed by atoms with E-state index in [9.17, 15) is 8.42 Å². The minimum Gasteiger partial charge on any atom is -0.492 e. The van der Waals surface area contributed by atoms with Crippen molar-refractivity contribution in [2.75, 3.05) is 13.2 Å². The van der Waals surface area contributed by atoms with Crippen molar-refractivity contribution in [1.29, 1.82) is 0 Å². The summed E-state index contributed by atoms with van der Waals surface area (Å²) >= 11 is 3.28. The number of rotatable bonds is 8. The van der Waals surface area contributed by atoms with Gasteiger partial charge in [-0.15, -0.1) is 0 Å². The Balaban J connectivity index is 3.21. The third-order valence-corrected chi connectivity index (χ3v) is 5.47. The van der Waals surface area contributed by atoms with Crippen LogP contribution in [0, 0.1) is 0 Å². The first-order valence-corrected chi connectivity index (χ1v) is 9.13. The monoisotopic (exact) mass is 379 g/mol. The Hall–Kier alpha value is -0.630. The van der Waals surface area contributed by atoms with Crippen LogP contribution < -0.4 is 9.46 Å². The summed E-state index contributed by atoms with van der Waals surface area (Å²) < 4.78 is 34.0. The molecule has 0 aliphatic heterocycles. The zero-order valence-corrected chi connectivity index (χ0v) is 14.9. The molecule has 0 aromatic heterocycles. The lowest BCUT2D eigenvalue weighted by molar-refractivity contribution is 0.233. The van der Waals surface area contributed by atoms with E-state index in [1.807, 2.05) is 6.92 Å². The van der Waals surface area contributed by atoms with Gasteiger partial charge in [0.2, 0.25) is 10.0 Å². The van der Waals surface area contributed by atoms with Gasteiger partial charge in [-0.3, -0.25) is 0 Å². The molecule has 0 radical (unpaired) electrons. The van der Waals surface area contributed by atoms with Gasteiger partial charge in [0, 0.05) is 16.6 Å². The first kappa shape index (κ1) is 18.4. The summed E-state index contributed by atoms with van der Waals surface area (Å²) in [6, 6.07) is 4.87. The van der Waals surface area contributed by atoms with Gasteiger partial charge in [-0.2, -0.15) is 0 Å². The standard InChI is InChI=1S/C14H22BrNO4S/c1-4-14(3,8-9-17)16-21(18,19)13-10-11(15)6-7-12(13)20-5-2/h6-7,10,16-17H,4-5,8-9H2,1-3H3.